The molecule has 158 valence electrons. The van der Waals surface area contributed by atoms with Crippen molar-refractivity contribution in [1.82, 2.24) is 4.90 Å². The van der Waals surface area contributed by atoms with Gasteiger partial charge in [0.2, 0.25) is 5.91 Å². The molecule has 2 aromatic carbocycles. The van der Waals surface area contributed by atoms with Gasteiger partial charge < -0.3 is 14.9 Å². The monoisotopic (exact) mass is 417 g/mol. The van der Waals surface area contributed by atoms with Gasteiger partial charge in [-0.1, -0.05) is 29.8 Å². The maximum absolute atomic E-state index is 13.3. The predicted molar refractivity (Wildman–Crippen MR) is 106 cm³/mol. The molecule has 1 unspecified atom stereocenters. The number of hydrogen-bond acceptors (Lipinski definition) is 4. The fraction of sp³-hybridized carbons (Fsp3) is 0.364. The zero-order chi connectivity index (χ0) is 21.9. The van der Waals surface area contributed by atoms with E-state index in [9.17, 15) is 23.1 Å². The second-order valence-corrected chi connectivity index (χ2v) is 7.37. The zero-order valence-electron chi connectivity index (χ0n) is 16.5. The van der Waals surface area contributed by atoms with E-state index < -0.39 is 23.3 Å². The van der Waals surface area contributed by atoms with Crippen LogP contribution in [0.15, 0.2) is 42.5 Å². The summed E-state index contributed by atoms with van der Waals surface area (Å²) in [5, 5.41) is 18.8. The Hall–Kier alpha value is -3.05. The molecule has 2 aromatic rings. The van der Waals surface area contributed by atoms with Crippen LogP contribution in [-0.4, -0.2) is 48.2 Å². The summed E-state index contributed by atoms with van der Waals surface area (Å²) in [5.41, 5.74) is 0.770. The molecule has 1 aliphatic rings. The molecule has 1 N–H and O–H groups in total. The number of alkyl halides is 3. The van der Waals surface area contributed by atoms with Crippen molar-refractivity contribution in [1.29, 1.82) is 5.26 Å². The largest absolute Gasteiger partial charge is 0.417 e. The van der Waals surface area contributed by atoms with Gasteiger partial charge in [-0.25, -0.2) is 0 Å². The Balaban J connectivity index is 1.76. The lowest BCUT2D eigenvalue weighted by Crippen LogP contribution is -2.56. The minimum atomic E-state index is -4.65. The Morgan fingerprint density at radius 3 is 2.63 bits per heavy atom. The first-order chi connectivity index (χ1) is 14.2. The van der Waals surface area contributed by atoms with Gasteiger partial charge in [0.1, 0.15) is 0 Å². The number of nitriles is 1. The number of halogens is 3. The maximum atomic E-state index is 13.3. The van der Waals surface area contributed by atoms with E-state index in [-0.39, 0.29) is 37.7 Å². The van der Waals surface area contributed by atoms with Gasteiger partial charge in [-0.3, -0.25) is 4.79 Å². The Morgan fingerprint density at radius 1 is 1.23 bits per heavy atom. The molecule has 0 bridgehead atoms. The van der Waals surface area contributed by atoms with Crippen molar-refractivity contribution >= 4 is 11.6 Å². The third-order valence-electron chi connectivity index (χ3n) is 5.24. The van der Waals surface area contributed by atoms with Crippen molar-refractivity contribution < 1.29 is 23.1 Å². The quantitative estimate of drug-likeness (QED) is 0.830. The average molecular weight is 417 g/mol. The Bertz CT molecular complexity index is 969. The van der Waals surface area contributed by atoms with Gasteiger partial charge >= 0.3 is 6.18 Å². The number of carbonyl (C=O) groups excluding carboxylic acids is 1. The first-order valence-electron chi connectivity index (χ1n) is 9.55. The van der Waals surface area contributed by atoms with Crippen molar-refractivity contribution in [3.05, 3.63) is 64.7 Å². The van der Waals surface area contributed by atoms with Crippen molar-refractivity contribution in [2.24, 2.45) is 0 Å². The Kier molecular flexibility index (Phi) is 6.32. The lowest BCUT2D eigenvalue weighted by atomic mass is 10.0. The summed E-state index contributed by atoms with van der Waals surface area (Å²) >= 11 is 0. The van der Waals surface area contributed by atoms with Crippen LogP contribution in [0.3, 0.4) is 0 Å². The number of nitrogens with zero attached hydrogens (tertiary/aromatic N) is 3. The van der Waals surface area contributed by atoms with Crippen molar-refractivity contribution in [3.8, 4) is 6.07 Å². The number of aliphatic hydroxyl groups is 1. The number of amides is 1. The van der Waals surface area contributed by atoms with E-state index >= 15 is 0 Å². The molecular formula is C22H22F3N3O2. The highest BCUT2D eigenvalue weighted by Gasteiger charge is 2.36. The van der Waals surface area contributed by atoms with Crippen molar-refractivity contribution in [2.45, 2.75) is 25.6 Å². The highest BCUT2D eigenvalue weighted by Crippen LogP contribution is 2.35. The van der Waals surface area contributed by atoms with E-state index in [0.717, 1.165) is 23.3 Å². The molecular weight excluding hydrogens is 395 g/mol. The summed E-state index contributed by atoms with van der Waals surface area (Å²) in [6.07, 6.45) is -4.42. The molecule has 8 heteroatoms. The second-order valence-electron chi connectivity index (χ2n) is 7.37. The van der Waals surface area contributed by atoms with Crippen LogP contribution in [0, 0.1) is 18.3 Å². The van der Waals surface area contributed by atoms with E-state index in [4.69, 9.17) is 5.26 Å². The topological polar surface area (TPSA) is 67.6 Å². The lowest BCUT2D eigenvalue weighted by Gasteiger charge is -2.42. The predicted octanol–water partition coefficient (Wildman–Crippen LogP) is 3.14. The fourth-order valence-electron chi connectivity index (χ4n) is 3.73. The molecule has 0 aromatic heterocycles. The fourth-order valence-corrected chi connectivity index (χ4v) is 3.73. The Morgan fingerprint density at radius 2 is 2.00 bits per heavy atom. The molecule has 0 radical (unpaired) electrons. The molecule has 30 heavy (non-hydrogen) atoms. The van der Waals surface area contributed by atoms with Crippen LogP contribution in [0.2, 0.25) is 0 Å². The van der Waals surface area contributed by atoms with Crippen LogP contribution in [0.1, 0.15) is 22.3 Å². The van der Waals surface area contributed by atoms with Crippen molar-refractivity contribution in [2.75, 3.05) is 31.1 Å². The summed E-state index contributed by atoms with van der Waals surface area (Å²) in [7, 11) is 0. The van der Waals surface area contributed by atoms with Crippen LogP contribution in [0.4, 0.5) is 18.9 Å². The maximum Gasteiger partial charge on any atom is 0.417 e. The second kappa shape index (κ2) is 8.76. The number of anilines is 1. The highest BCUT2D eigenvalue weighted by atomic mass is 19.4. The van der Waals surface area contributed by atoms with Gasteiger partial charge in [0.05, 0.1) is 36.3 Å². The smallest absolute Gasteiger partial charge is 0.394 e. The number of rotatable bonds is 4. The molecule has 1 saturated heterocycles. The molecule has 5 nitrogen and oxygen atoms in total. The molecule has 1 atom stereocenters. The minimum absolute atomic E-state index is 0.0884. The van der Waals surface area contributed by atoms with Gasteiger partial charge in [-0.2, -0.15) is 18.4 Å². The van der Waals surface area contributed by atoms with Crippen LogP contribution in [-0.2, 0) is 17.4 Å². The molecule has 3 rings (SSSR count). The number of benzene rings is 2. The van der Waals surface area contributed by atoms with Crippen molar-refractivity contribution in [3.63, 3.8) is 0 Å². The van der Waals surface area contributed by atoms with Gasteiger partial charge in [0.15, 0.2) is 0 Å². The van der Waals surface area contributed by atoms with Crippen LogP contribution in [0.25, 0.3) is 0 Å². The van der Waals surface area contributed by atoms with Crippen LogP contribution in [0.5, 0.6) is 0 Å². The molecule has 0 saturated carbocycles. The lowest BCUT2D eigenvalue weighted by molar-refractivity contribution is -0.137. The minimum Gasteiger partial charge on any atom is -0.394 e. The molecule has 1 fully saturated rings. The number of aliphatic hydroxyl groups excluding tert-OH is 1. The van der Waals surface area contributed by atoms with Gasteiger partial charge in [-0.15, -0.1) is 0 Å². The summed E-state index contributed by atoms with van der Waals surface area (Å²) in [6.45, 7) is 2.47. The molecule has 0 spiro atoms. The van der Waals surface area contributed by atoms with Crippen LogP contribution >= 0.6 is 0 Å². The van der Waals surface area contributed by atoms with E-state index in [1.807, 2.05) is 31.2 Å². The standard InChI is InChI=1S/C22H22F3N3O2/c1-15-3-2-4-16(9-15)10-21(30)27-7-8-28(19(13-27)14-29)18-6-5-17(12-26)20(11-18)22(23,24)25/h2-6,9,11,19,29H,7-8,10,13-14H2,1H3. The van der Waals surface area contributed by atoms with E-state index in [1.165, 1.54) is 6.07 Å². The van der Waals surface area contributed by atoms with E-state index in [0.29, 0.717) is 6.54 Å². The summed E-state index contributed by atoms with van der Waals surface area (Å²) in [4.78, 5) is 16.0. The molecule has 0 aliphatic carbocycles. The third kappa shape index (κ3) is 4.74. The normalized spacial score (nSPS) is 17.0. The summed E-state index contributed by atoms with van der Waals surface area (Å²) in [5.74, 6) is -0.0884. The first-order valence-corrected chi connectivity index (χ1v) is 9.55. The summed E-state index contributed by atoms with van der Waals surface area (Å²) in [6, 6.07) is 12.2. The molecule has 1 amide bonds. The van der Waals surface area contributed by atoms with E-state index in [2.05, 4.69) is 0 Å². The average Bonchev–Trinajstić information content (AvgIpc) is 2.72. The summed E-state index contributed by atoms with van der Waals surface area (Å²) < 4.78 is 39.9. The number of aryl methyl sites for hydroxylation is 1. The molecule has 1 heterocycles. The highest BCUT2D eigenvalue weighted by molar-refractivity contribution is 5.79. The van der Waals surface area contributed by atoms with Gasteiger partial charge in [0.25, 0.3) is 0 Å². The zero-order valence-corrected chi connectivity index (χ0v) is 16.5. The number of hydrogen-bond donors (Lipinski definition) is 1. The van der Waals surface area contributed by atoms with Gasteiger partial charge in [0, 0.05) is 25.3 Å². The SMILES string of the molecule is Cc1cccc(CC(=O)N2CCN(c3ccc(C#N)c(C(F)(F)F)c3)C(CO)C2)c1. The first kappa shape index (κ1) is 21.7. The third-order valence-corrected chi connectivity index (χ3v) is 5.24. The van der Waals surface area contributed by atoms with Gasteiger partial charge in [-0.05, 0) is 30.7 Å². The van der Waals surface area contributed by atoms with Crippen LogP contribution < -0.4 is 4.90 Å². The number of piperazine rings is 1. The number of carbonyl (C=O) groups is 1. The van der Waals surface area contributed by atoms with E-state index in [1.54, 1.807) is 15.9 Å². The Labute approximate surface area is 172 Å². The molecule has 1 aliphatic heterocycles.